The van der Waals surface area contributed by atoms with Gasteiger partial charge in [-0.25, -0.2) is 0 Å². The topological polar surface area (TPSA) is 75.6 Å². The fraction of sp³-hybridized carbons (Fsp3) is 0.750. The smallest absolute Gasteiger partial charge is 0.306 e. The number of nitrogens with one attached hydrogen (secondary N) is 1. The normalized spacial score (nSPS) is 28.1. The van der Waals surface area contributed by atoms with Crippen LogP contribution >= 0.6 is 0 Å². The number of carboxylic acids is 1. The summed E-state index contributed by atoms with van der Waals surface area (Å²) >= 11 is 0. The summed E-state index contributed by atoms with van der Waals surface area (Å²) in [6, 6.07) is 0. The van der Waals surface area contributed by atoms with E-state index >= 15 is 0 Å². The Labute approximate surface area is 76.1 Å². The number of carbonyl (C=O) groups is 2. The van der Waals surface area contributed by atoms with Gasteiger partial charge < -0.3 is 15.2 Å². The van der Waals surface area contributed by atoms with Crippen molar-refractivity contribution in [2.75, 3.05) is 6.61 Å². The number of carboxylic acid groups (broad SMARTS) is 1. The highest BCUT2D eigenvalue weighted by molar-refractivity contribution is 5.73. The summed E-state index contributed by atoms with van der Waals surface area (Å²) in [6.07, 6.45) is 0.438. The van der Waals surface area contributed by atoms with Crippen LogP contribution in [0.2, 0.25) is 0 Å². The fourth-order valence-electron chi connectivity index (χ4n) is 1.35. The molecule has 5 heteroatoms. The zero-order valence-electron chi connectivity index (χ0n) is 7.45. The lowest BCUT2D eigenvalue weighted by molar-refractivity contribution is -0.149. The molecule has 0 aromatic heterocycles. The second-order valence-corrected chi connectivity index (χ2v) is 3.12. The van der Waals surface area contributed by atoms with Crippen LogP contribution in [0.3, 0.4) is 0 Å². The molecule has 1 aliphatic rings. The van der Waals surface area contributed by atoms with Gasteiger partial charge in [-0.05, 0) is 6.42 Å². The summed E-state index contributed by atoms with van der Waals surface area (Å²) in [5.74, 6) is -1.42. The molecule has 0 aromatic rings. The molecule has 74 valence electrons. The maximum atomic E-state index is 10.6. The van der Waals surface area contributed by atoms with Gasteiger partial charge in [-0.3, -0.25) is 9.59 Å². The number of rotatable bonds is 2. The molecule has 1 saturated heterocycles. The van der Waals surface area contributed by atoms with E-state index in [0.29, 0.717) is 19.4 Å². The summed E-state index contributed by atoms with van der Waals surface area (Å²) in [5.41, 5.74) is 0. The Morgan fingerprint density at radius 1 is 1.54 bits per heavy atom. The molecule has 0 radical (unpaired) electrons. The summed E-state index contributed by atoms with van der Waals surface area (Å²) < 4.78 is 5.17. The minimum absolute atomic E-state index is 0.198. The molecule has 1 heterocycles. The zero-order valence-corrected chi connectivity index (χ0v) is 7.45. The highest BCUT2D eigenvalue weighted by Crippen LogP contribution is 2.18. The molecule has 1 rings (SSSR count). The highest BCUT2D eigenvalue weighted by Gasteiger charge is 2.27. The molecule has 1 amide bonds. The van der Waals surface area contributed by atoms with E-state index in [1.807, 2.05) is 0 Å². The molecule has 2 atom stereocenters. The van der Waals surface area contributed by atoms with Crippen molar-refractivity contribution in [2.45, 2.75) is 26.0 Å². The maximum Gasteiger partial charge on any atom is 0.306 e. The zero-order chi connectivity index (χ0) is 9.84. The lowest BCUT2D eigenvalue weighted by Gasteiger charge is -2.27. The van der Waals surface area contributed by atoms with Crippen LogP contribution in [0.15, 0.2) is 0 Å². The molecule has 1 aliphatic heterocycles. The third-order valence-corrected chi connectivity index (χ3v) is 2.00. The Kier molecular flexibility index (Phi) is 3.25. The number of carbonyl (C=O) groups excluding carboxylic acids is 1. The van der Waals surface area contributed by atoms with Crippen LogP contribution in [0, 0.1) is 5.92 Å². The monoisotopic (exact) mass is 187 g/mol. The molecule has 0 spiro atoms. The average molecular weight is 187 g/mol. The van der Waals surface area contributed by atoms with E-state index < -0.39 is 18.1 Å². The molecule has 0 aromatic carbocycles. The number of hydrogen-bond donors (Lipinski definition) is 2. The molecular weight excluding hydrogens is 174 g/mol. The lowest BCUT2D eigenvalue weighted by Crippen LogP contribution is -2.41. The molecule has 0 saturated carbocycles. The standard InChI is InChI=1S/C8H13NO4/c1-5(10)9-7-4-6(8(11)12)2-3-13-7/h6-7H,2-4H2,1H3,(H,9,10)(H,11,12). The van der Waals surface area contributed by atoms with Crippen molar-refractivity contribution >= 4 is 11.9 Å². The fourth-order valence-corrected chi connectivity index (χ4v) is 1.35. The molecule has 1 fully saturated rings. The van der Waals surface area contributed by atoms with Crippen molar-refractivity contribution in [3.05, 3.63) is 0 Å². The first-order valence-electron chi connectivity index (χ1n) is 4.21. The minimum atomic E-state index is -0.821. The van der Waals surface area contributed by atoms with Gasteiger partial charge in [0.1, 0.15) is 6.23 Å². The van der Waals surface area contributed by atoms with Crippen molar-refractivity contribution in [1.82, 2.24) is 5.32 Å². The van der Waals surface area contributed by atoms with Crippen LogP contribution < -0.4 is 5.32 Å². The van der Waals surface area contributed by atoms with Gasteiger partial charge >= 0.3 is 5.97 Å². The largest absolute Gasteiger partial charge is 0.481 e. The van der Waals surface area contributed by atoms with Crippen LogP contribution in [0.4, 0.5) is 0 Å². The Balaban J connectivity index is 2.41. The molecule has 5 nitrogen and oxygen atoms in total. The Morgan fingerprint density at radius 2 is 2.23 bits per heavy atom. The molecule has 0 aliphatic carbocycles. The number of hydrogen-bond acceptors (Lipinski definition) is 3. The van der Waals surface area contributed by atoms with Gasteiger partial charge in [0.05, 0.1) is 5.92 Å². The third kappa shape index (κ3) is 3.02. The van der Waals surface area contributed by atoms with E-state index in [1.54, 1.807) is 0 Å². The van der Waals surface area contributed by atoms with Gasteiger partial charge in [-0.2, -0.15) is 0 Å². The number of amides is 1. The van der Waals surface area contributed by atoms with E-state index in [9.17, 15) is 9.59 Å². The van der Waals surface area contributed by atoms with Crippen molar-refractivity contribution in [1.29, 1.82) is 0 Å². The third-order valence-electron chi connectivity index (χ3n) is 2.00. The van der Waals surface area contributed by atoms with Crippen LogP contribution in [0.1, 0.15) is 19.8 Å². The molecular formula is C8H13NO4. The first kappa shape index (κ1) is 9.98. The summed E-state index contributed by atoms with van der Waals surface area (Å²) in [6.45, 7) is 1.77. The summed E-state index contributed by atoms with van der Waals surface area (Å²) in [7, 11) is 0. The van der Waals surface area contributed by atoms with Crippen LogP contribution in [-0.4, -0.2) is 29.8 Å². The van der Waals surface area contributed by atoms with Crippen LogP contribution in [0.5, 0.6) is 0 Å². The van der Waals surface area contributed by atoms with Crippen molar-refractivity contribution in [2.24, 2.45) is 5.92 Å². The predicted octanol–water partition coefficient (Wildman–Crippen LogP) is -0.0402. The second kappa shape index (κ2) is 4.23. The van der Waals surface area contributed by atoms with E-state index in [2.05, 4.69) is 5.32 Å². The van der Waals surface area contributed by atoms with E-state index in [1.165, 1.54) is 6.92 Å². The van der Waals surface area contributed by atoms with E-state index in [-0.39, 0.29) is 5.91 Å². The lowest BCUT2D eigenvalue weighted by atomic mass is 9.99. The summed E-state index contributed by atoms with van der Waals surface area (Å²) in [5, 5.41) is 11.3. The first-order chi connectivity index (χ1) is 6.09. The molecule has 13 heavy (non-hydrogen) atoms. The van der Waals surface area contributed by atoms with Gasteiger partial charge in [0.25, 0.3) is 0 Å². The number of ether oxygens (including phenoxy) is 1. The van der Waals surface area contributed by atoms with Crippen LogP contribution in [0.25, 0.3) is 0 Å². The van der Waals surface area contributed by atoms with Gasteiger partial charge in [-0.1, -0.05) is 0 Å². The first-order valence-corrected chi connectivity index (χ1v) is 4.21. The van der Waals surface area contributed by atoms with E-state index in [0.717, 1.165) is 0 Å². The number of aliphatic carboxylic acids is 1. The quantitative estimate of drug-likeness (QED) is 0.636. The van der Waals surface area contributed by atoms with Crippen LogP contribution in [-0.2, 0) is 14.3 Å². The predicted molar refractivity (Wildman–Crippen MR) is 43.9 cm³/mol. The van der Waals surface area contributed by atoms with Crippen molar-refractivity contribution in [3.8, 4) is 0 Å². The second-order valence-electron chi connectivity index (χ2n) is 3.12. The maximum absolute atomic E-state index is 10.6. The molecule has 0 bridgehead atoms. The van der Waals surface area contributed by atoms with Gasteiger partial charge in [0, 0.05) is 20.0 Å². The Morgan fingerprint density at radius 3 is 2.77 bits per heavy atom. The van der Waals surface area contributed by atoms with Crippen molar-refractivity contribution in [3.63, 3.8) is 0 Å². The molecule has 2 N–H and O–H groups in total. The SMILES string of the molecule is CC(=O)NC1CC(C(=O)O)CCO1. The molecule has 2 unspecified atom stereocenters. The Hall–Kier alpha value is -1.10. The Bertz CT molecular complexity index is 216. The van der Waals surface area contributed by atoms with Crippen molar-refractivity contribution < 1.29 is 19.4 Å². The van der Waals surface area contributed by atoms with Gasteiger partial charge in [-0.15, -0.1) is 0 Å². The van der Waals surface area contributed by atoms with Gasteiger partial charge in [0.2, 0.25) is 5.91 Å². The average Bonchev–Trinajstić information content (AvgIpc) is 2.03. The summed E-state index contributed by atoms with van der Waals surface area (Å²) in [4.78, 5) is 21.3. The highest BCUT2D eigenvalue weighted by atomic mass is 16.5. The minimum Gasteiger partial charge on any atom is -0.481 e. The van der Waals surface area contributed by atoms with Gasteiger partial charge in [0.15, 0.2) is 0 Å². The van der Waals surface area contributed by atoms with E-state index in [4.69, 9.17) is 9.84 Å².